The van der Waals surface area contributed by atoms with Gasteiger partial charge in [0.05, 0.1) is 28.0 Å². The first-order chi connectivity index (χ1) is 9.79. The highest BCUT2D eigenvalue weighted by atomic mass is 35.5. The number of rotatable bonds is 4. The SMILES string of the molecule is O=[N+]([O-])c1ccc(Cl)c(NS(=O)(=O)c2cnc(Cl)nc2)c1. The highest BCUT2D eigenvalue weighted by molar-refractivity contribution is 7.92. The minimum absolute atomic E-state index is 0.0130. The van der Waals surface area contributed by atoms with Crippen LogP contribution in [0, 0.1) is 10.1 Å². The Balaban J connectivity index is 2.38. The lowest BCUT2D eigenvalue weighted by Crippen LogP contribution is -2.14. The average Bonchev–Trinajstić information content (AvgIpc) is 2.41. The highest BCUT2D eigenvalue weighted by Crippen LogP contribution is 2.28. The largest absolute Gasteiger partial charge is 0.278 e. The number of hydrogen-bond donors (Lipinski definition) is 1. The van der Waals surface area contributed by atoms with E-state index in [-0.39, 0.29) is 26.6 Å². The molecule has 0 aliphatic carbocycles. The van der Waals surface area contributed by atoms with Gasteiger partial charge in [0, 0.05) is 12.1 Å². The van der Waals surface area contributed by atoms with Gasteiger partial charge in [-0.2, -0.15) is 0 Å². The van der Waals surface area contributed by atoms with Crippen LogP contribution in [-0.4, -0.2) is 23.3 Å². The van der Waals surface area contributed by atoms with E-state index in [4.69, 9.17) is 23.2 Å². The highest BCUT2D eigenvalue weighted by Gasteiger charge is 2.19. The van der Waals surface area contributed by atoms with Gasteiger partial charge in [-0.25, -0.2) is 18.4 Å². The molecule has 0 unspecified atom stereocenters. The van der Waals surface area contributed by atoms with Gasteiger partial charge in [0.15, 0.2) is 0 Å². The molecule has 1 aromatic heterocycles. The van der Waals surface area contributed by atoms with Gasteiger partial charge in [0.25, 0.3) is 15.7 Å². The van der Waals surface area contributed by atoms with Gasteiger partial charge < -0.3 is 0 Å². The van der Waals surface area contributed by atoms with Crippen molar-refractivity contribution >= 4 is 44.6 Å². The van der Waals surface area contributed by atoms with E-state index < -0.39 is 14.9 Å². The first-order valence-electron chi connectivity index (χ1n) is 5.24. The monoisotopic (exact) mass is 348 g/mol. The molecule has 1 heterocycles. The van der Waals surface area contributed by atoms with Crippen LogP contribution in [0.4, 0.5) is 11.4 Å². The van der Waals surface area contributed by atoms with Crippen LogP contribution in [0.15, 0.2) is 35.5 Å². The molecule has 21 heavy (non-hydrogen) atoms. The molecule has 0 saturated carbocycles. The number of nitrogens with zero attached hydrogens (tertiary/aromatic N) is 3. The summed E-state index contributed by atoms with van der Waals surface area (Å²) in [6.45, 7) is 0. The molecule has 0 saturated heterocycles. The molecule has 0 radical (unpaired) electrons. The first-order valence-corrected chi connectivity index (χ1v) is 7.48. The lowest BCUT2D eigenvalue weighted by Gasteiger charge is -2.08. The Labute approximate surface area is 128 Å². The van der Waals surface area contributed by atoms with Crippen molar-refractivity contribution in [1.29, 1.82) is 0 Å². The Hall–Kier alpha value is -1.97. The van der Waals surface area contributed by atoms with Gasteiger partial charge in [-0.3, -0.25) is 14.8 Å². The fraction of sp³-hybridized carbons (Fsp3) is 0. The number of anilines is 1. The molecule has 2 aromatic rings. The van der Waals surface area contributed by atoms with E-state index in [0.717, 1.165) is 24.5 Å². The Morgan fingerprint density at radius 2 is 1.81 bits per heavy atom. The number of benzene rings is 1. The molecule has 110 valence electrons. The average molecular weight is 349 g/mol. The maximum absolute atomic E-state index is 12.1. The smallest absolute Gasteiger partial charge is 0.271 e. The van der Waals surface area contributed by atoms with Gasteiger partial charge in [-0.15, -0.1) is 0 Å². The zero-order chi connectivity index (χ0) is 15.6. The molecule has 8 nitrogen and oxygen atoms in total. The summed E-state index contributed by atoms with van der Waals surface area (Å²) in [4.78, 5) is 16.9. The van der Waals surface area contributed by atoms with E-state index in [1.807, 2.05) is 0 Å². The lowest BCUT2D eigenvalue weighted by molar-refractivity contribution is -0.384. The van der Waals surface area contributed by atoms with E-state index in [0.29, 0.717) is 0 Å². The number of nitrogens with one attached hydrogen (secondary N) is 1. The summed E-state index contributed by atoms with van der Waals surface area (Å²) in [5.74, 6) is 0. The van der Waals surface area contributed by atoms with E-state index in [9.17, 15) is 18.5 Å². The summed E-state index contributed by atoms with van der Waals surface area (Å²) < 4.78 is 26.3. The number of sulfonamides is 1. The van der Waals surface area contributed by atoms with Crippen LogP contribution in [0.1, 0.15) is 0 Å². The zero-order valence-electron chi connectivity index (χ0n) is 10.0. The third-order valence-electron chi connectivity index (χ3n) is 2.31. The standard InChI is InChI=1S/C10H6Cl2N4O4S/c11-8-2-1-6(16(17)18)3-9(8)15-21(19,20)7-4-13-10(12)14-5-7/h1-5,15H. The van der Waals surface area contributed by atoms with Crippen LogP contribution < -0.4 is 4.72 Å². The van der Waals surface area contributed by atoms with Crippen LogP contribution in [-0.2, 0) is 10.0 Å². The van der Waals surface area contributed by atoms with Crippen molar-refractivity contribution in [2.24, 2.45) is 0 Å². The number of non-ortho nitro benzene ring substituents is 1. The summed E-state index contributed by atoms with van der Waals surface area (Å²) in [5, 5.41) is 10.6. The van der Waals surface area contributed by atoms with Crippen molar-refractivity contribution in [2.45, 2.75) is 4.90 Å². The second-order valence-corrected chi connectivity index (χ2v) is 6.14. The van der Waals surface area contributed by atoms with Gasteiger partial charge in [-0.05, 0) is 17.7 Å². The second-order valence-electron chi connectivity index (χ2n) is 3.71. The maximum Gasteiger partial charge on any atom is 0.271 e. The van der Waals surface area contributed by atoms with Gasteiger partial charge in [-0.1, -0.05) is 11.6 Å². The summed E-state index contributed by atoms with van der Waals surface area (Å²) in [6.07, 6.45) is 2.01. The number of nitro benzene ring substituents is 1. The quantitative estimate of drug-likeness (QED) is 0.515. The van der Waals surface area contributed by atoms with Gasteiger partial charge in [0.1, 0.15) is 4.90 Å². The van der Waals surface area contributed by atoms with Gasteiger partial charge >= 0.3 is 0 Å². The van der Waals surface area contributed by atoms with E-state index in [2.05, 4.69) is 14.7 Å². The molecule has 1 N–H and O–H groups in total. The molecule has 0 amide bonds. The van der Waals surface area contributed by atoms with Crippen molar-refractivity contribution in [3.63, 3.8) is 0 Å². The minimum atomic E-state index is -4.04. The van der Waals surface area contributed by atoms with Crippen molar-refractivity contribution in [3.05, 3.63) is 51.0 Å². The number of nitro groups is 1. The van der Waals surface area contributed by atoms with E-state index >= 15 is 0 Å². The summed E-state index contributed by atoms with van der Waals surface area (Å²) in [7, 11) is -4.04. The predicted molar refractivity (Wildman–Crippen MR) is 76.0 cm³/mol. The molecule has 0 bridgehead atoms. The molecule has 11 heteroatoms. The third-order valence-corrected chi connectivity index (χ3v) is 4.16. The molecule has 0 aliphatic heterocycles. The molecule has 0 atom stereocenters. The lowest BCUT2D eigenvalue weighted by atomic mass is 10.3. The molecule has 0 fully saturated rings. The number of hydrogen-bond acceptors (Lipinski definition) is 6. The third kappa shape index (κ3) is 3.57. The Morgan fingerprint density at radius 3 is 2.38 bits per heavy atom. The normalized spacial score (nSPS) is 11.1. The number of aromatic nitrogens is 2. The van der Waals surface area contributed by atoms with Crippen molar-refractivity contribution in [2.75, 3.05) is 4.72 Å². The summed E-state index contributed by atoms with van der Waals surface area (Å²) >= 11 is 11.3. The fourth-order valence-electron chi connectivity index (χ4n) is 1.35. The van der Waals surface area contributed by atoms with E-state index in [1.165, 1.54) is 6.07 Å². The van der Waals surface area contributed by atoms with Crippen LogP contribution >= 0.6 is 23.2 Å². The van der Waals surface area contributed by atoms with Crippen LogP contribution in [0.25, 0.3) is 0 Å². The van der Waals surface area contributed by atoms with Crippen LogP contribution in [0.2, 0.25) is 10.3 Å². The van der Waals surface area contributed by atoms with Crippen LogP contribution in [0.5, 0.6) is 0 Å². The Kier molecular flexibility index (Phi) is 4.26. The zero-order valence-corrected chi connectivity index (χ0v) is 12.4. The molecular formula is C10H6Cl2N4O4S. The second kappa shape index (κ2) is 5.80. The first kappa shape index (κ1) is 15.4. The summed E-state index contributed by atoms with van der Waals surface area (Å²) in [6, 6.07) is 3.39. The van der Waals surface area contributed by atoms with Crippen molar-refractivity contribution < 1.29 is 13.3 Å². The number of halogens is 2. The van der Waals surface area contributed by atoms with E-state index in [1.54, 1.807) is 0 Å². The molecule has 1 aromatic carbocycles. The molecule has 2 rings (SSSR count). The van der Waals surface area contributed by atoms with Crippen molar-refractivity contribution in [1.82, 2.24) is 9.97 Å². The maximum atomic E-state index is 12.1. The fourth-order valence-corrected chi connectivity index (χ4v) is 2.63. The van der Waals surface area contributed by atoms with Gasteiger partial charge in [0.2, 0.25) is 5.28 Å². The topological polar surface area (TPSA) is 115 Å². The Morgan fingerprint density at radius 1 is 1.19 bits per heavy atom. The molecule has 0 aliphatic rings. The summed E-state index contributed by atoms with van der Waals surface area (Å²) in [5.41, 5.74) is -0.426. The Bertz CT molecular complexity index is 795. The predicted octanol–water partition coefficient (Wildman–Crippen LogP) is 2.49. The van der Waals surface area contributed by atoms with Crippen LogP contribution in [0.3, 0.4) is 0 Å². The van der Waals surface area contributed by atoms with Crippen molar-refractivity contribution in [3.8, 4) is 0 Å². The molecular weight excluding hydrogens is 343 g/mol. The molecule has 0 spiro atoms. The minimum Gasteiger partial charge on any atom is -0.278 e.